The second-order valence-electron chi connectivity index (χ2n) is 5.43. The SMILES string of the molecule is CC(Sc1nnnn1C1CC1)C(=O)OC(C)(C)C. The van der Waals surface area contributed by atoms with E-state index in [0.29, 0.717) is 11.2 Å². The van der Waals surface area contributed by atoms with E-state index in [4.69, 9.17) is 4.74 Å². The summed E-state index contributed by atoms with van der Waals surface area (Å²) in [5.41, 5.74) is -0.464. The highest BCUT2D eigenvalue weighted by atomic mass is 32.2. The lowest BCUT2D eigenvalue weighted by molar-refractivity contribution is -0.153. The zero-order valence-electron chi connectivity index (χ0n) is 11.1. The van der Waals surface area contributed by atoms with Crippen LogP contribution in [-0.4, -0.2) is 37.0 Å². The minimum absolute atomic E-state index is 0.238. The fourth-order valence-electron chi connectivity index (χ4n) is 1.40. The minimum Gasteiger partial charge on any atom is -0.459 e. The van der Waals surface area contributed by atoms with E-state index in [2.05, 4.69) is 15.5 Å². The van der Waals surface area contributed by atoms with Gasteiger partial charge in [-0.15, -0.1) is 5.10 Å². The minimum atomic E-state index is -0.464. The highest BCUT2D eigenvalue weighted by Gasteiger charge is 2.30. The van der Waals surface area contributed by atoms with Gasteiger partial charge in [0.1, 0.15) is 10.9 Å². The number of thioether (sulfide) groups is 1. The maximum absolute atomic E-state index is 11.9. The summed E-state index contributed by atoms with van der Waals surface area (Å²) in [6.45, 7) is 7.38. The Morgan fingerprint density at radius 3 is 2.72 bits per heavy atom. The molecule has 100 valence electrons. The molecule has 7 heteroatoms. The normalized spacial score (nSPS) is 17.6. The predicted molar refractivity (Wildman–Crippen MR) is 67.3 cm³/mol. The fraction of sp³-hybridized carbons (Fsp3) is 0.818. The van der Waals surface area contributed by atoms with Crippen LogP contribution in [0.2, 0.25) is 0 Å². The van der Waals surface area contributed by atoms with Crippen LogP contribution in [0.3, 0.4) is 0 Å². The van der Waals surface area contributed by atoms with Crippen LogP contribution in [0.15, 0.2) is 5.16 Å². The lowest BCUT2D eigenvalue weighted by Crippen LogP contribution is -2.29. The summed E-state index contributed by atoms with van der Waals surface area (Å²) in [5, 5.41) is 11.9. The molecule has 1 aromatic heterocycles. The number of aromatic nitrogens is 4. The Morgan fingerprint density at radius 1 is 1.50 bits per heavy atom. The largest absolute Gasteiger partial charge is 0.459 e. The van der Waals surface area contributed by atoms with Gasteiger partial charge in [0.2, 0.25) is 5.16 Å². The van der Waals surface area contributed by atoms with Crippen LogP contribution < -0.4 is 0 Å². The number of tetrazole rings is 1. The Kier molecular flexibility index (Phi) is 3.61. The number of carbonyl (C=O) groups excluding carboxylic acids is 1. The molecule has 1 heterocycles. The molecule has 0 radical (unpaired) electrons. The molecule has 1 fully saturated rings. The van der Waals surface area contributed by atoms with Gasteiger partial charge in [0.15, 0.2) is 0 Å². The summed E-state index contributed by atoms with van der Waals surface area (Å²) in [7, 11) is 0. The van der Waals surface area contributed by atoms with Gasteiger partial charge >= 0.3 is 5.97 Å². The summed E-state index contributed by atoms with van der Waals surface area (Å²) in [6, 6.07) is 0.410. The monoisotopic (exact) mass is 270 g/mol. The Labute approximate surface area is 110 Å². The average molecular weight is 270 g/mol. The quantitative estimate of drug-likeness (QED) is 0.614. The predicted octanol–water partition coefficient (Wildman–Crippen LogP) is 1.83. The first kappa shape index (κ1) is 13.3. The van der Waals surface area contributed by atoms with Crippen LogP contribution in [0.1, 0.15) is 46.6 Å². The Balaban J connectivity index is 1.96. The van der Waals surface area contributed by atoms with Gasteiger partial charge in [-0.1, -0.05) is 11.8 Å². The van der Waals surface area contributed by atoms with E-state index in [-0.39, 0.29) is 11.2 Å². The van der Waals surface area contributed by atoms with Crippen molar-refractivity contribution in [1.29, 1.82) is 0 Å². The van der Waals surface area contributed by atoms with Crippen molar-refractivity contribution in [3.05, 3.63) is 0 Å². The first-order chi connectivity index (χ1) is 8.37. The second kappa shape index (κ2) is 4.87. The first-order valence-electron chi connectivity index (χ1n) is 6.04. The molecule has 1 aromatic rings. The van der Waals surface area contributed by atoms with Crippen LogP contribution in [-0.2, 0) is 9.53 Å². The Morgan fingerprint density at radius 2 is 2.17 bits per heavy atom. The average Bonchev–Trinajstić information content (AvgIpc) is 2.97. The Bertz CT molecular complexity index is 436. The van der Waals surface area contributed by atoms with Crippen LogP contribution >= 0.6 is 11.8 Å². The topological polar surface area (TPSA) is 69.9 Å². The molecule has 0 bridgehead atoms. The number of nitrogens with zero attached hydrogens (tertiary/aromatic N) is 4. The fourth-order valence-corrected chi connectivity index (χ4v) is 2.24. The maximum atomic E-state index is 11.9. The highest BCUT2D eigenvalue weighted by molar-refractivity contribution is 8.00. The zero-order chi connectivity index (χ0) is 13.3. The van der Waals surface area contributed by atoms with E-state index in [1.165, 1.54) is 11.8 Å². The summed E-state index contributed by atoms with van der Waals surface area (Å²) < 4.78 is 7.12. The van der Waals surface area contributed by atoms with Crippen molar-refractivity contribution in [3.8, 4) is 0 Å². The highest BCUT2D eigenvalue weighted by Crippen LogP contribution is 2.37. The molecule has 6 nitrogen and oxygen atoms in total. The molecule has 0 saturated heterocycles. The van der Waals surface area contributed by atoms with Crippen molar-refractivity contribution in [2.45, 2.75) is 62.6 Å². The van der Waals surface area contributed by atoms with E-state index in [1.54, 1.807) is 4.68 Å². The number of esters is 1. The van der Waals surface area contributed by atoms with Gasteiger partial charge in [-0.3, -0.25) is 4.79 Å². The third-order valence-corrected chi connectivity index (χ3v) is 3.40. The molecule has 0 N–H and O–H groups in total. The van der Waals surface area contributed by atoms with Crippen LogP contribution in [0.4, 0.5) is 0 Å². The van der Waals surface area contributed by atoms with Crippen molar-refractivity contribution in [3.63, 3.8) is 0 Å². The zero-order valence-corrected chi connectivity index (χ0v) is 11.9. The smallest absolute Gasteiger partial charge is 0.319 e. The Hall–Kier alpha value is -1.11. The van der Waals surface area contributed by atoms with E-state index < -0.39 is 5.60 Å². The molecular weight excluding hydrogens is 252 g/mol. The molecule has 0 aliphatic heterocycles. The summed E-state index contributed by atoms with van der Waals surface area (Å²) in [4.78, 5) is 11.9. The van der Waals surface area contributed by atoms with Gasteiger partial charge < -0.3 is 4.74 Å². The van der Waals surface area contributed by atoms with Crippen LogP contribution in [0.5, 0.6) is 0 Å². The maximum Gasteiger partial charge on any atom is 0.319 e. The molecule has 1 atom stereocenters. The first-order valence-corrected chi connectivity index (χ1v) is 6.92. The van der Waals surface area contributed by atoms with Gasteiger partial charge in [0.05, 0.1) is 6.04 Å². The standard InChI is InChI=1S/C11H18N4O2S/c1-7(9(16)17-11(2,3)4)18-10-12-13-14-15(10)8-5-6-8/h7-8H,5-6H2,1-4H3. The third-order valence-electron chi connectivity index (χ3n) is 2.38. The van der Waals surface area contributed by atoms with E-state index in [0.717, 1.165) is 12.8 Å². The molecular formula is C11H18N4O2S. The molecule has 1 saturated carbocycles. The van der Waals surface area contributed by atoms with E-state index in [9.17, 15) is 4.79 Å². The third kappa shape index (κ3) is 3.44. The summed E-state index contributed by atoms with van der Waals surface area (Å²) in [5.74, 6) is -0.238. The molecule has 2 rings (SSSR count). The van der Waals surface area contributed by atoms with Gasteiger partial charge in [-0.25, -0.2) is 4.68 Å². The number of hydrogen-bond donors (Lipinski definition) is 0. The van der Waals surface area contributed by atoms with E-state index >= 15 is 0 Å². The van der Waals surface area contributed by atoms with Crippen molar-refractivity contribution in [2.75, 3.05) is 0 Å². The number of ether oxygens (including phenoxy) is 1. The molecule has 0 aromatic carbocycles. The van der Waals surface area contributed by atoms with Crippen molar-refractivity contribution in [1.82, 2.24) is 20.2 Å². The molecule has 0 spiro atoms. The summed E-state index contributed by atoms with van der Waals surface area (Å²) in [6.07, 6.45) is 2.22. The lowest BCUT2D eigenvalue weighted by atomic mass is 10.2. The molecule has 1 unspecified atom stereocenters. The molecule has 0 amide bonds. The van der Waals surface area contributed by atoms with Gasteiger partial charge in [-0.05, 0) is 51.0 Å². The van der Waals surface area contributed by atoms with E-state index in [1.807, 2.05) is 27.7 Å². The molecule has 1 aliphatic carbocycles. The van der Waals surface area contributed by atoms with Crippen molar-refractivity contribution >= 4 is 17.7 Å². The second-order valence-corrected chi connectivity index (χ2v) is 6.74. The van der Waals surface area contributed by atoms with Crippen molar-refractivity contribution < 1.29 is 9.53 Å². The van der Waals surface area contributed by atoms with Crippen molar-refractivity contribution in [2.24, 2.45) is 0 Å². The van der Waals surface area contributed by atoms with Gasteiger partial charge in [0.25, 0.3) is 0 Å². The number of hydrogen-bond acceptors (Lipinski definition) is 6. The number of carbonyl (C=O) groups is 1. The number of rotatable bonds is 4. The van der Waals surface area contributed by atoms with Crippen LogP contribution in [0, 0.1) is 0 Å². The summed E-state index contributed by atoms with van der Waals surface area (Å²) >= 11 is 1.35. The molecule has 1 aliphatic rings. The molecule has 18 heavy (non-hydrogen) atoms. The van der Waals surface area contributed by atoms with Crippen LogP contribution in [0.25, 0.3) is 0 Å². The van der Waals surface area contributed by atoms with Gasteiger partial charge in [-0.2, -0.15) is 0 Å². The lowest BCUT2D eigenvalue weighted by Gasteiger charge is -2.21. The van der Waals surface area contributed by atoms with Gasteiger partial charge in [0, 0.05) is 0 Å².